The molecule has 2 aromatic heterocycles. The number of pyridine rings is 1. The Kier molecular flexibility index (Phi) is 5.01. The number of nitrogens with two attached hydrogens (primary N) is 1. The van der Waals surface area contributed by atoms with Crippen LogP contribution in [-0.2, 0) is 0 Å². The van der Waals surface area contributed by atoms with Crippen LogP contribution in [0.3, 0.4) is 0 Å². The number of nitrogens with zero attached hydrogens (tertiary/aromatic N) is 2. The number of benzene rings is 2. The van der Waals surface area contributed by atoms with E-state index in [1.165, 1.54) is 6.26 Å². The minimum atomic E-state index is -0.289. The van der Waals surface area contributed by atoms with Gasteiger partial charge >= 0.3 is 0 Å². The van der Waals surface area contributed by atoms with Gasteiger partial charge in [-0.1, -0.05) is 17.7 Å². The third-order valence-corrected chi connectivity index (χ3v) is 4.73. The van der Waals surface area contributed by atoms with Crippen molar-refractivity contribution in [3.63, 3.8) is 0 Å². The van der Waals surface area contributed by atoms with Crippen molar-refractivity contribution in [2.45, 2.75) is 6.92 Å². The summed E-state index contributed by atoms with van der Waals surface area (Å²) >= 11 is 5.86. The van der Waals surface area contributed by atoms with Crippen LogP contribution in [-0.4, -0.2) is 15.9 Å². The summed E-state index contributed by atoms with van der Waals surface area (Å²) in [5, 5.41) is 3.31. The number of nitrogens with one attached hydrogen (secondary N) is 1. The van der Waals surface area contributed by atoms with E-state index in [-0.39, 0.29) is 5.91 Å². The second-order valence-electron chi connectivity index (χ2n) is 6.46. The number of rotatable bonds is 4. The molecule has 4 rings (SSSR count). The van der Waals surface area contributed by atoms with Crippen LogP contribution in [0.25, 0.3) is 22.6 Å². The fraction of sp³-hybridized carbons (Fsp3) is 0.0455. The van der Waals surface area contributed by atoms with Crippen LogP contribution in [0.5, 0.6) is 0 Å². The van der Waals surface area contributed by atoms with Crippen molar-refractivity contribution >= 4 is 29.1 Å². The Morgan fingerprint density at radius 3 is 2.55 bits per heavy atom. The summed E-state index contributed by atoms with van der Waals surface area (Å²) in [6.07, 6.45) is 3.13. The first-order valence-electron chi connectivity index (χ1n) is 8.85. The van der Waals surface area contributed by atoms with Crippen molar-refractivity contribution < 1.29 is 9.21 Å². The maximum absolute atomic E-state index is 12.4. The van der Waals surface area contributed by atoms with Gasteiger partial charge in [0.05, 0.1) is 6.20 Å². The van der Waals surface area contributed by atoms with Gasteiger partial charge in [-0.3, -0.25) is 4.79 Å². The molecule has 0 unspecified atom stereocenters. The van der Waals surface area contributed by atoms with Gasteiger partial charge in [-0.05, 0) is 66.6 Å². The van der Waals surface area contributed by atoms with E-state index in [0.717, 1.165) is 22.3 Å². The van der Waals surface area contributed by atoms with Crippen molar-refractivity contribution in [2.24, 2.45) is 0 Å². The SMILES string of the molecule is Cc1ccc(-c2ncco2)cc1-c1ccc(NC(=O)c2ccc(Cl)cc2)nc1N. The van der Waals surface area contributed by atoms with Gasteiger partial charge in [0, 0.05) is 21.7 Å². The normalized spacial score (nSPS) is 10.7. The van der Waals surface area contributed by atoms with Crippen LogP contribution in [0, 0.1) is 6.92 Å². The molecule has 0 aliphatic rings. The minimum Gasteiger partial charge on any atom is -0.445 e. The Morgan fingerprint density at radius 1 is 1.07 bits per heavy atom. The van der Waals surface area contributed by atoms with Gasteiger partial charge in [-0.2, -0.15) is 0 Å². The molecular weight excluding hydrogens is 388 g/mol. The van der Waals surface area contributed by atoms with Crippen LogP contribution in [0.1, 0.15) is 15.9 Å². The van der Waals surface area contributed by atoms with Crippen molar-refractivity contribution in [1.82, 2.24) is 9.97 Å². The van der Waals surface area contributed by atoms with E-state index in [1.807, 2.05) is 31.2 Å². The molecule has 0 radical (unpaired) electrons. The van der Waals surface area contributed by atoms with Gasteiger partial charge in [-0.25, -0.2) is 9.97 Å². The predicted octanol–water partition coefficient (Wildman–Crippen LogP) is 5.20. The molecule has 6 nitrogen and oxygen atoms in total. The lowest BCUT2D eigenvalue weighted by atomic mass is 9.98. The average molecular weight is 405 g/mol. The highest BCUT2D eigenvalue weighted by Crippen LogP contribution is 2.32. The molecule has 7 heteroatoms. The standard InChI is InChI=1S/C22H17ClN4O2/c1-13-2-3-15(22-25-10-11-29-22)12-18(13)17-8-9-19(26-20(17)24)27-21(28)14-4-6-16(23)7-5-14/h2-12H,1H3,(H3,24,26,27,28). The molecule has 0 saturated heterocycles. The van der Waals surface area contributed by atoms with E-state index < -0.39 is 0 Å². The molecule has 144 valence electrons. The molecule has 0 fully saturated rings. The van der Waals surface area contributed by atoms with E-state index >= 15 is 0 Å². The maximum Gasteiger partial charge on any atom is 0.256 e. The molecule has 0 atom stereocenters. The zero-order valence-corrected chi connectivity index (χ0v) is 16.3. The summed E-state index contributed by atoms with van der Waals surface area (Å²) in [5.74, 6) is 0.923. The molecule has 2 aromatic carbocycles. The van der Waals surface area contributed by atoms with Gasteiger partial charge < -0.3 is 15.5 Å². The second kappa shape index (κ2) is 7.77. The third kappa shape index (κ3) is 3.97. The maximum atomic E-state index is 12.4. The number of aryl methyl sites for hydroxylation is 1. The lowest BCUT2D eigenvalue weighted by Gasteiger charge is -2.12. The Balaban J connectivity index is 1.61. The van der Waals surface area contributed by atoms with Gasteiger partial charge in [0.2, 0.25) is 5.89 Å². The molecule has 3 N–H and O–H groups in total. The summed E-state index contributed by atoms with van der Waals surface area (Å²) in [4.78, 5) is 20.9. The summed E-state index contributed by atoms with van der Waals surface area (Å²) in [6, 6.07) is 16.0. The van der Waals surface area contributed by atoms with Crippen molar-refractivity contribution in [1.29, 1.82) is 0 Å². The number of nitrogen functional groups attached to an aromatic ring is 1. The Bertz CT molecular complexity index is 1170. The van der Waals surface area contributed by atoms with E-state index in [1.54, 1.807) is 36.5 Å². The first-order chi connectivity index (χ1) is 14.0. The van der Waals surface area contributed by atoms with E-state index in [2.05, 4.69) is 15.3 Å². The highest BCUT2D eigenvalue weighted by atomic mass is 35.5. The quantitative estimate of drug-likeness (QED) is 0.487. The summed E-state index contributed by atoms with van der Waals surface area (Å²) in [7, 11) is 0. The van der Waals surface area contributed by atoms with E-state index in [0.29, 0.717) is 28.1 Å². The highest BCUT2D eigenvalue weighted by Gasteiger charge is 2.13. The number of halogens is 1. The molecule has 0 saturated carbocycles. The molecular formula is C22H17ClN4O2. The third-order valence-electron chi connectivity index (χ3n) is 4.48. The smallest absolute Gasteiger partial charge is 0.256 e. The van der Waals surface area contributed by atoms with Crippen molar-refractivity contribution in [3.8, 4) is 22.6 Å². The highest BCUT2D eigenvalue weighted by molar-refractivity contribution is 6.30. The number of amides is 1. The molecule has 0 spiro atoms. The molecule has 1 amide bonds. The van der Waals surface area contributed by atoms with Crippen molar-refractivity contribution in [2.75, 3.05) is 11.1 Å². The first-order valence-corrected chi connectivity index (χ1v) is 9.23. The number of aromatic nitrogens is 2. The zero-order chi connectivity index (χ0) is 20.4. The largest absolute Gasteiger partial charge is 0.445 e. The number of carbonyl (C=O) groups is 1. The molecule has 0 aliphatic carbocycles. The second-order valence-corrected chi connectivity index (χ2v) is 6.89. The van der Waals surface area contributed by atoms with Crippen LogP contribution >= 0.6 is 11.6 Å². The van der Waals surface area contributed by atoms with Gasteiger partial charge in [0.25, 0.3) is 5.91 Å². The Morgan fingerprint density at radius 2 is 1.86 bits per heavy atom. The lowest BCUT2D eigenvalue weighted by molar-refractivity contribution is 0.102. The minimum absolute atomic E-state index is 0.289. The Hall–Kier alpha value is -3.64. The fourth-order valence-electron chi connectivity index (χ4n) is 2.97. The molecule has 29 heavy (non-hydrogen) atoms. The molecule has 2 heterocycles. The van der Waals surface area contributed by atoms with Crippen LogP contribution in [0.2, 0.25) is 5.02 Å². The monoisotopic (exact) mass is 404 g/mol. The van der Waals surface area contributed by atoms with Gasteiger partial charge in [0.15, 0.2) is 0 Å². The summed E-state index contributed by atoms with van der Waals surface area (Å²) in [6.45, 7) is 1.99. The van der Waals surface area contributed by atoms with Crippen molar-refractivity contribution in [3.05, 3.63) is 83.2 Å². The summed E-state index contributed by atoms with van der Waals surface area (Å²) in [5.41, 5.74) is 10.2. The number of hydrogen-bond acceptors (Lipinski definition) is 5. The number of carbonyl (C=O) groups excluding carboxylic acids is 1. The Labute approximate surface area is 172 Å². The van der Waals surface area contributed by atoms with Crippen LogP contribution in [0.4, 0.5) is 11.6 Å². The van der Waals surface area contributed by atoms with Crippen LogP contribution < -0.4 is 11.1 Å². The fourth-order valence-corrected chi connectivity index (χ4v) is 3.10. The molecule has 4 aromatic rings. The number of oxazole rings is 1. The predicted molar refractivity (Wildman–Crippen MR) is 114 cm³/mol. The van der Waals surface area contributed by atoms with Gasteiger partial charge in [0.1, 0.15) is 17.9 Å². The topological polar surface area (TPSA) is 94.0 Å². The number of hydrogen-bond donors (Lipinski definition) is 2. The zero-order valence-electron chi connectivity index (χ0n) is 15.5. The van der Waals surface area contributed by atoms with Crippen LogP contribution in [0.15, 0.2) is 71.5 Å². The first kappa shape index (κ1) is 18.7. The average Bonchev–Trinajstić information content (AvgIpc) is 3.24. The number of anilines is 2. The van der Waals surface area contributed by atoms with E-state index in [9.17, 15) is 4.79 Å². The summed E-state index contributed by atoms with van der Waals surface area (Å²) < 4.78 is 5.38. The molecule has 0 aliphatic heterocycles. The van der Waals surface area contributed by atoms with Gasteiger partial charge in [-0.15, -0.1) is 0 Å². The lowest BCUT2D eigenvalue weighted by Crippen LogP contribution is -2.13. The van der Waals surface area contributed by atoms with E-state index in [4.69, 9.17) is 21.8 Å². The molecule has 0 bridgehead atoms.